The fourth-order valence-electron chi connectivity index (χ4n) is 5.53. The summed E-state index contributed by atoms with van der Waals surface area (Å²) < 4.78 is 14.0. The van der Waals surface area contributed by atoms with Gasteiger partial charge in [0.2, 0.25) is 5.82 Å². The van der Waals surface area contributed by atoms with E-state index in [1.54, 1.807) is 6.92 Å². The highest BCUT2D eigenvalue weighted by atomic mass is 35.5. The van der Waals surface area contributed by atoms with Gasteiger partial charge in [-0.2, -0.15) is 5.26 Å². The Balaban J connectivity index is 0.00000336. The Bertz CT molecular complexity index is 1300. The van der Waals surface area contributed by atoms with Crippen LogP contribution in [0.4, 0.5) is 0 Å². The van der Waals surface area contributed by atoms with Crippen LogP contribution in [0.5, 0.6) is 5.75 Å². The topological polar surface area (TPSA) is 93.3 Å². The van der Waals surface area contributed by atoms with Crippen LogP contribution in [-0.4, -0.2) is 64.2 Å². The van der Waals surface area contributed by atoms with Crippen molar-refractivity contribution in [3.63, 3.8) is 0 Å². The molecule has 5 rings (SSSR count). The van der Waals surface area contributed by atoms with E-state index in [0.29, 0.717) is 19.1 Å². The van der Waals surface area contributed by atoms with Gasteiger partial charge >= 0.3 is 0 Å². The van der Waals surface area contributed by atoms with Crippen LogP contribution < -0.4 is 4.74 Å². The van der Waals surface area contributed by atoms with E-state index in [1.165, 1.54) is 0 Å². The number of benzene rings is 1. The molecule has 4 heterocycles. The van der Waals surface area contributed by atoms with Crippen molar-refractivity contribution in [3.05, 3.63) is 41.9 Å². The molecule has 1 unspecified atom stereocenters. The number of hydrogen-bond donors (Lipinski definition) is 0. The van der Waals surface area contributed by atoms with Crippen molar-refractivity contribution in [2.75, 3.05) is 32.8 Å². The fourth-order valence-corrected chi connectivity index (χ4v) is 5.53. The summed E-state index contributed by atoms with van der Waals surface area (Å²) in [7, 11) is 0. The van der Waals surface area contributed by atoms with Gasteiger partial charge in [-0.15, -0.1) is 12.4 Å². The second kappa shape index (κ2) is 12.7. The number of likely N-dealkylation sites (tertiary alicyclic amines) is 1. The van der Waals surface area contributed by atoms with Gasteiger partial charge in [0.1, 0.15) is 23.2 Å². The van der Waals surface area contributed by atoms with Gasteiger partial charge < -0.3 is 14.0 Å². The molecule has 0 amide bonds. The third-order valence-electron chi connectivity index (χ3n) is 7.53. The lowest BCUT2D eigenvalue weighted by molar-refractivity contribution is -0.118. The molecular formula is C29H36ClN5O3. The monoisotopic (exact) mass is 537 g/mol. The Labute approximate surface area is 230 Å². The predicted molar refractivity (Wildman–Crippen MR) is 149 cm³/mol. The van der Waals surface area contributed by atoms with Crippen molar-refractivity contribution in [1.82, 2.24) is 19.4 Å². The molecule has 2 saturated heterocycles. The van der Waals surface area contributed by atoms with Crippen LogP contribution >= 0.6 is 12.4 Å². The number of rotatable bonds is 9. The standard InChI is InChI=1S/C29H35N5O3.ClH/c1-20-16-23(5-6-26(20)37-15-10-22-7-11-33(12-8-22)18-21(2)35)28-25-9-13-34(19-24-4-3-14-36-24)29(25)32-27(17-30)31-28;/h5-6,9,13,16,22,24H,3-4,7-8,10-12,14-15,18-19H2,1-2H3;1H. The summed E-state index contributed by atoms with van der Waals surface area (Å²) in [4.78, 5) is 22.7. The molecule has 0 bridgehead atoms. The molecule has 1 atom stereocenters. The normalized spacial score (nSPS) is 18.3. The molecule has 2 aliphatic rings. The number of Topliss-reactive ketones (excluding diaryl/α,β-unsaturated/α-hetero) is 1. The van der Waals surface area contributed by atoms with Gasteiger partial charge in [-0.3, -0.25) is 9.69 Å². The maximum atomic E-state index is 11.3. The number of fused-ring (bicyclic) bond motifs is 1. The van der Waals surface area contributed by atoms with E-state index in [1.807, 2.05) is 31.3 Å². The summed E-state index contributed by atoms with van der Waals surface area (Å²) in [5.41, 5.74) is 3.52. The highest BCUT2D eigenvalue weighted by molar-refractivity contribution is 5.91. The molecule has 202 valence electrons. The number of nitriles is 1. The van der Waals surface area contributed by atoms with E-state index in [4.69, 9.17) is 9.47 Å². The van der Waals surface area contributed by atoms with E-state index < -0.39 is 0 Å². The van der Waals surface area contributed by atoms with E-state index in [9.17, 15) is 10.1 Å². The average Bonchev–Trinajstić information content (AvgIpc) is 3.55. The first-order valence-corrected chi connectivity index (χ1v) is 13.3. The highest BCUT2D eigenvalue weighted by Gasteiger charge is 2.21. The maximum absolute atomic E-state index is 11.3. The van der Waals surface area contributed by atoms with Gasteiger partial charge in [0, 0.05) is 23.8 Å². The minimum Gasteiger partial charge on any atom is -0.493 e. The first kappa shape index (κ1) is 28.0. The molecule has 2 fully saturated rings. The Hall–Kier alpha value is -2.99. The largest absolute Gasteiger partial charge is 0.493 e. The zero-order chi connectivity index (χ0) is 25.8. The van der Waals surface area contributed by atoms with Crippen LogP contribution in [-0.2, 0) is 16.1 Å². The van der Waals surface area contributed by atoms with Crippen LogP contribution in [0.25, 0.3) is 22.3 Å². The van der Waals surface area contributed by atoms with E-state index in [2.05, 4.69) is 31.6 Å². The summed E-state index contributed by atoms with van der Waals surface area (Å²) in [6.07, 6.45) is 7.58. The molecule has 3 aromatic rings. The number of piperidine rings is 1. The molecule has 0 N–H and O–H groups in total. The van der Waals surface area contributed by atoms with Crippen LogP contribution in [0, 0.1) is 24.2 Å². The summed E-state index contributed by atoms with van der Waals surface area (Å²) >= 11 is 0. The van der Waals surface area contributed by atoms with Crippen molar-refractivity contribution < 1.29 is 14.3 Å². The van der Waals surface area contributed by atoms with Gasteiger partial charge in [-0.25, -0.2) is 9.97 Å². The SMILES string of the molecule is CC(=O)CN1CCC(CCOc2ccc(-c3nc(C#N)nc4c3ccn4CC3CCCO3)cc2C)CC1.Cl. The number of hydrogen-bond acceptors (Lipinski definition) is 7. The van der Waals surface area contributed by atoms with Crippen molar-refractivity contribution in [2.45, 2.75) is 58.6 Å². The zero-order valence-corrected chi connectivity index (χ0v) is 23.0. The lowest BCUT2D eigenvalue weighted by atomic mass is 9.94. The second-order valence-electron chi connectivity index (χ2n) is 10.4. The number of carbonyl (C=O) groups is 1. The van der Waals surface area contributed by atoms with Gasteiger partial charge in [-0.05, 0) is 94.8 Å². The van der Waals surface area contributed by atoms with Crippen molar-refractivity contribution in [1.29, 1.82) is 5.26 Å². The van der Waals surface area contributed by atoms with Crippen LogP contribution in [0.2, 0.25) is 0 Å². The lowest BCUT2D eigenvalue weighted by Gasteiger charge is -2.31. The molecule has 0 radical (unpaired) electrons. The third kappa shape index (κ3) is 6.52. The van der Waals surface area contributed by atoms with Crippen molar-refractivity contribution in [2.24, 2.45) is 5.92 Å². The van der Waals surface area contributed by atoms with E-state index >= 15 is 0 Å². The zero-order valence-electron chi connectivity index (χ0n) is 22.2. The number of nitrogens with zero attached hydrogens (tertiary/aromatic N) is 5. The van der Waals surface area contributed by atoms with Crippen molar-refractivity contribution >= 4 is 29.2 Å². The Morgan fingerprint density at radius 1 is 1.21 bits per heavy atom. The number of aryl methyl sites for hydroxylation is 1. The van der Waals surface area contributed by atoms with E-state index in [0.717, 1.165) is 91.9 Å². The molecule has 0 spiro atoms. The molecular weight excluding hydrogens is 502 g/mol. The smallest absolute Gasteiger partial charge is 0.234 e. The van der Waals surface area contributed by atoms with Gasteiger partial charge in [0.05, 0.1) is 31.5 Å². The molecule has 0 aliphatic carbocycles. The molecule has 9 heteroatoms. The molecule has 0 saturated carbocycles. The Kier molecular flexibility index (Phi) is 9.37. The van der Waals surface area contributed by atoms with Gasteiger partial charge in [0.25, 0.3) is 0 Å². The predicted octanol–water partition coefficient (Wildman–Crippen LogP) is 4.95. The Morgan fingerprint density at radius 3 is 2.71 bits per heavy atom. The van der Waals surface area contributed by atoms with E-state index in [-0.39, 0.29) is 30.1 Å². The molecule has 2 aliphatic heterocycles. The number of aromatic nitrogens is 3. The summed E-state index contributed by atoms with van der Waals surface area (Å²) in [5.74, 6) is 1.92. The second-order valence-corrected chi connectivity index (χ2v) is 10.4. The average molecular weight is 538 g/mol. The molecule has 38 heavy (non-hydrogen) atoms. The third-order valence-corrected chi connectivity index (χ3v) is 7.53. The minimum absolute atomic E-state index is 0. The minimum atomic E-state index is 0. The summed E-state index contributed by atoms with van der Waals surface area (Å²) in [5, 5.41) is 10.5. The quantitative estimate of drug-likeness (QED) is 0.381. The first-order chi connectivity index (χ1) is 18.0. The first-order valence-electron chi connectivity index (χ1n) is 13.3. The lowest BCUT2D eigenvalue weighted by Crippen LogP contribution is -2.37. The van der Waals surface area contributed by atoms with Gasteiger partial charge in [-0.1, -0.05) is 0 Å². The number of ether oxygens (including phenoxy) is 2. The maximum Gasteiger partial charge on any atom is 0.234 e. The van der Waals surface area contributed by atoms with Crippen LogP contribution in [0.1, 0.15) is 50.4 Å². The summed E-state index contributed by atoms with van der Waals surface area (Å²) in [6.45, 7) is 8.48. The molecule has 2 aromatic heterocycles. The number of halogens is 1. The fraction of sp³-hybridized carbons (Fsp3) is 0.517. The number of carbonyl (C=O) groups excluding carboxylic acids is 1. The molecule has 1 aromatic carbocycles. The Morgan fingerprint density at radius 2 is 2.03 bits per heavy atom. The van der Waals surface area contributed by atoms with Crippen LogP contribution in [0.15, 0.2) is 30.5 Å². The van der Waals surface area contributed by atoms with Gasteiger partial charge in [0.15, 0.2) is 0 Å². The van der Waals surface area contributed by atoms with Crippen molar-refractivity contribution in [3.8, 4) is 23.1 Å². The number of ketones is 1. The molecule has 8 nitrogen and oxygen atoms in total. The highest BCUT2D eigenvalue weighted by Crippen LogP contribution is 2.31. The summed E-state index contributed by atoms with van der Waals surface area (Å²) in [6, 6.07) is 10.3. The van der Waals surface area contributed by atoms with Crippen LogP contribution in [0.3, 0.4) is 0 Å².